The number of hydrogen-bond donors (Lipinski definition) is 1. The smallest absolute Gasteiger partial charge is 0.259 e. The summed E-state index contributed by atoms with van der Waals surface area (Å²) in [5.74, 6) is -0.0612. The van der Waals surface area contributed by atoms with Gasteiger partial charge in [0.25, 0.3) is 5.22 Å². The SMILES string of the molecule is CCC(Sc1nc2ncccc2o1)C(=O)Nc1ccccc1. The molecule has 1 unspecified atom stereocenters. The van der Waals surface area contributed by atoms with Gasteiger partial charge in [0.05, 0.1) is 5.25 Å². The van der Waals surface area contributed by atoms with Crippen molar-refractivity contribution in [1.29, 1.82) is 0 Å². The van der Waals surface area contributed by atoms with Crippen LogP contribution in [0.15, 0.2) is 58.3 Å². The van der Waals surface area contributed by atoms with Gasteiger partial charge in [-0.3, -0.25) is 4.79 Å². The van der Waals surface area contributed by atoms with Crippen molar-refractivity contribution in [3.63, 3.8) is 0 Å². The molecule has 1 atom stereocenters. The molecule has 0 saturated heterocycles. The number of carbonyl (C=O) groups excluding carboxylic acids is 1. The lowest BCUT2D eigenvalue weighted by Gasteiger charge is -2.12. The lowest BCUT2D eigenvalue weighted by molar-refractivity contribution is -0.115. The highest BCUT2D eigenvalue weighted by atomic mass is 32.2. The molecule has 1 amide bonds. The van der Waals surface area contributed by atoms with Crippen molar-refractivity contribution in [3.8, 4) is 0 Å². The van der Waals surface area contributed by atoms with Gasteiger partial charge >= 0.3 is 0 Å². The molecule has 112 valence electrons. The first-order valence-electron chi connectivity index (χ1n) is 7.00. The average Bonchev–Trinajstić information content (AvgIpc) is 2.96. The average molecular weight is 313 g/mol. The number of benzene rings is 1. The predicted octanol–water partition coefficient (Wildman–Crippen LogP) is 3.73. The number of para-hydroxylation sites is 1. The van der Waals surface area contributed by atoms with Gasteiger partial charge in [-0.15, -0.1) is 0 Å². The predicted molar refractivity (Wildman–Crippen MR) is 86.8 cm³/mol. The molecule has 0 spiro atoms. The Bertz CT molecular complexity index is 740. The van der Waals surface area contributed by atoms with E-state index in [-0.39, 0.29) is 11.2 Å². The lowest BCUT2D eigenvalue weighted by Crippen LogP contribution is -2.24. The van der Waals surface area contributed by atoms with Crippen molar-refractivity contribution in [2.24, 2.45) is 0 Å². The number of nitrogens with one attached hydrogen (secondary N) is 1. The zero-order valence-corrected chi connectivity index (χ0v) is 12.8. The molecule has 22 heavy (non-hydrogen) atoms. The van der Waals surface area contributed by atoms with Gasteiger partial charge in [-0.1, -0.05) is 36.9 Å². The molecule has 3 rings (SSSR count). The molecule has 5 nitrogen and oxygen atoms in total. The fraction of sp³-hybridized carbons (Fsp3) is 0.188. The number of hydrogen-bond acceptors (Lipinski definition) is 5. The van der Waals surface area contributed by atoms with E-state index in [0.29, 0.717) is 22.9 Å². The van der Waals surface area contributed by atoms with Crippen LogP contribution >= 0.6 is 11.8 Å². The zero-order valence-electron chi connectivity index (χ0n) is 12.0. The first-order chi connectivity index (χ1) is 10.8. The second kappa shape index (κ2) is 6.62. The maximum absolute atomic E-state index is 12.3. The molecular formula is C16H15N3O2S. The van der Waals surface area contributed by atoms with E-state index in [4.69, 9.17) is 4.42 Å². The van der Waals surface area contributed by atoms with Gasteiger partial charge < -0.3 is 9.73 Å². The van der Waals surface area contributed by atoms with Gasteiger partial charge in [0, 0.05) is 11.9 Å². The quantitative estimate of drug-likeness (QED) is 0.727. The maximum atomic E-state index is 12.3. The number of oxazole rings is 1. The van der Waals surface area contributed by atoms with Gasteiger partial charge in [-0.25, -0.2) is 4.98 Å². The van der Waals surface area contributed by atoms with Crippen molar-refractivity contribution in [1.82, 2.24) is 9.97 Å². The number of nitrogens with zero attached hydrogens (tertiary/aromatic N) is 2. The summed E-state index contributed by atoms with van der Waals surface area (Å²) in [7, 11) is 0. The Kier molecular flexibility index (Phi) is 4.39. The van der Waals surface area contributed by atoms with Gasteiger partial charge in [0.2, 0.25) is 5.91 Å². The zero-order chi connectivity index (χ0) is 15.4. The first-order valence-corrected chi connectivity index (χ1v) is 7.88. The number of pyridine rings is 1. The Hall–Kier alpha value is -2.34. The Morgan fingerprint density at radius 3 is 2.82 bits per heavy atom. The van der Waals surface area contributed by atoms with Crippen LogP contribution in [0.4, 0.5) is 5.69 Å². The van der Waals surface area contributed by atoms with Crippen LogP contribution in [0.3, 0.4) is 0 Å². The van der Waals surface area contributed by atoms with Crippen LogP contribution in [-0.4, -0.2) is 21.1 Å². The molecule has 0 fully saturated rings. The fourth-order valence-electron chi connectivity index (χ4n) is 1.99. The Morgan fingerprint density at radius 1 is 1.27 bits per heavy atom. The molecule has 0 aliphatic heterocycles. The maximum Gasteiger partial charge on any atom is 0.259 e. The van der Waals surface area contributed by atoms with Crippen LogP contribution in [0.1, 0.15) is 13.3 Å². The number of anilines is 1. The summed E-state index contributed by atoms with van der Waals surface area (Å²) in [6.45, 7) is 1.96. The van der Waals surface area contributed by atoms with E-state index in [1.165, 1.54) is 11.8 Å². The molecule has 1 aromatic carbocycles. The number of rotatable bonds is 5. The van der Waals surface area contributed by atoms with Crippen molar-refractivity contribution in [2.45, 2.75) is 23.8 Å². The lowest BCUT2D eigenvalue weighted by atomic mass is 10.3. The Morgan fingerprint density at radius 2 is 2.09 bits per heavy atom. The van der Waals surface area contributed by atoms with Gasteiger partial charge in [-0.05, 0) is 30.7 Å². The minimum absolute atomic E-state index is 0.0612. The number of amides is 1. The van der Waals surface area contributed by atoms with E-state index in [0.717, 1.165) is 5.69 Å². The molecule has 3 aromatic rings. The van der Waals surface area contributed by atoms with E-state index in [2.05, 4.69) is 15.3 Å². The van der Waals surface area contributed by atoms with E-state index < -0.39 is 0 Å². The van der Waals surface area contributed by atoms with E-state index in [1.54, 1.807) is 12.3 Å². The molecule has 0 saturated carbocycles. The number of aromatic nitrogens is 2. The van der Waals surface area contributed by atoms with Gasteiger partial charge in [-0.2, -0.15) is 4.98 Å². The topological polar surface area (TPSA) is 68.0 Å². The largest absolute Gasteiger partial charge is 0.430 e. The molecule has 1 N–H and O–H groups in total. The second-order valence-corrected chi connectivity index (χ2v) is 5.83. The molecule has 0 radical (unpaired) electrons. The highest BCUT2D eigenvalue weighted by molar-refractivity contribution is 8.00. The molecular weight excluding hydrogens is 298 g/mol. The summed E-state index contributed by atoms with van der Waals surface area (Å²) >= 11 is 1.31. The highest BCUT2D eigenvalue weighted by Gasteiger charge is 2.21. The van der Waals surface area contributed by atoms with Crippen molar-refractivity contribution >= 4 is 34.6 Å². The van der Waals surface area contributed by atoms with Crippen molar-refractivity contribution < 1.29 is 9.21 Å². The third-order valence-electron chi connectivity index (χ3n) is 3.09. The van der Waals surface area contributed by atoms with Crippen LogP contribution in [0.2, 0.25) is 0 Å². The van der Waals surface area contributed by atoms with Crippen LogP contribution in [-0.2, 0) is 4.79 Å². The number of thioether (sulfide) groups is 1. The standard InChI is InChI=1S/C16H15N3O2S/c1-2-13(15(20)18-11-7-4-3-5-8-11)22-16-19-14-12(21-16)9-6-10-17-14/h3-10,13H,2H2,1H3,(H,18,20). The molecule has 0 aliphatic rings. The normalized spacial score (nSPS) is 12.2. The third kappa shape index (κ3) is 3.28. The van der Waals surface area contributed by atoms with Crippen LogP contribution in [0.5, 0.6) is 0 Å². The van der Waals surface area contributed by atoms with Crippen molar-refractivity contribution in [2.75, 3.05) is 5.32 Å². The third-order valence-corrected chi connectivity index (χ3v) is 4.30. The van der Waals surface area contributed by atoms with Gasteiger partial charge in [0.1, 0.15) is 0 Å². The Balaban J connectivity index is 1.72. The van der Waals surface area contributed by atoms with Crippen LogP contribution in [0, 0.1) is 0 Å². The van der Waals surface area contributed by atoms with E-state index in [1.807, 2.05) is 43.3 Å². The van der Waals surface area contributed by atoms with E-state index >= 15 is 0 Å². The molecule has 0 aliphatic carbocycles. The minimum Gasteiger partial charge on any atom is -0.430 e. The highest BCUT2D eigenvalue weighted by Crippen LogP contribution is 2.28. The van der Waals surface area contributed by atoms with E-state index in [9.17, 15) is 4.79 Å². The van der Waals surface area contributed by atoms with Crippen LogP contribution in [0.25, 0.3) is 11.2 Å². The second-order valence-electron chi connectivity index (χ2n) is 4.67. The Labute approximate surface area is 132 Å². The summed E-state index contributed by atoms with van der Waals surface area (Å²) in [6.07, 6.45) is 2.34. The molecule has 6 heteroatoms. The molecule has 2 aromatic heterocycles. The van der Waals surface area contributed by atoms with Crippen molar-refractivity contribution in [3.05, 3.63) is 48.7 Å². The fourth-order valence-corrected chi connectivity index (χ4v) is 2.84. The summed E-state index contributed by atoms with van der Waals surface area (Å²) in [6, 6.07) is 13.0. The molecule has 0 bridgehead atoms. The summed E-state index contributed by atoms with van der Waals surface area (Å²) in [5.41, 5.74) is 1.97. The summed E-state index contributed by atoms with van der Waals surface area (Å²) in [5, 5.41) is 3.09. The first kappa shape index (κ1) is 14.6. The number of carbonyl (C=O) groups is 1. The molecule has 2 heterocycles. The summed E-state index contributed by atoms with van der Waals surface area (Å²) < 4.78 is 5.61. The summed E-state index contributed by atoms with van der Waals surface area (Å²) in [4.78, 5) is 20.8. The monoisotopic (exact) mass is 313 g/mol. The van der Waals surface area contributed by atoms with Crippen LogP contribution < -0.4 is 5.32 Å². The van der Waals surface area contributed by atoms with Gasteiger partial charge in [0.15, 0.2) is 11.2 Å². The number of fused-ring (bicyclic) bond motifs is 1. The minimum atomic E-state index is -0.270.